The fourth-order valence-electron chi connectivity index (χ4n) is 2.50. The van der Waals surface area contributed by atoms with E-state index in [2.05, 4.69) is 4.98 Å². The van der Waals surface area contributed by atoms with Crippen molar-refractivity contribution in [2.24, 2.45) is 0 Å². The van der Waals surface area contributed by atoms with Crippen LogP contribution in [-0.4, -0.2) is 11.1 Å². The first-order chi connectivity index (χ1) is 8.83. The molecule has 4 heteroatoms. The van der Waals surface area contributed by atoms with E-state index < -0.39 is 0 Å². The second-order valence-corrected chi connectivity index (χ2v) is 4.87. The van der Waals surface area contributed by atoms with Crippen LogP contribution in [0.25, 0.3) is 11.1 Å². The highest BCUT2D eigenvalue weighted by atomic mass is 16.5. The van der Waals surface area contributed by atoms with Crippen molar-refractivity contribution in [3.63, 3.8) is 0 Å². The Morgan fingerprint density at radius 3 is 2.89 bits per heavy atom. The minimum Gasteiger partial charge on any atom is -0.438 e. The molecule has 0 bridgehead atoms. The average molecular weight is 246 g/mol. The van der Waals surface area contributed by atoms with E-state index in [1.165, 1.54) is 19.3 Å². The van der Waals surface area contributed by atoms with E-state index in [0.29, 0.717) is 24.3 Å². The number of nitrogens with two attached hydrogens (primary N) is 1. The number of hydrogen-bond acceptors (Lipinski definition) is 4. The lowest BCUT2D eigenvalue weighted by molar-refractivity contribution is 0.00726. The van der Waals surface area contributed by atoms with E-state index in [9.17, 15) is 0 Å². The average Bonchev–Trinajstić information content (AvgIpc) is 2.82. The Bertz CT molecular complexity index is 530. The van der Waals surface area contributed by atoms with Gasteiger partial charge in [-0.25, -0.2) is 4.98 Å². The summed E-state index contributed by atoms with van der Waals surface area (Å²) in [5.41, 5.74) is 7.97. The summed E-state index contributed by atoms with van der Waals surface area (Å²) in [5, 5.41) is 0. The molecule has 0 saturated heterocycles. The van der Waals surface area contributed by atoms with Crippen molar-refractivity contribution in [1.82, 2.24) is 4.98 Å². The molecule has 0 aliphatic heterocycles. The van der Waals surface area contributed by atoms with E-state index in [-0.39, 0.29) is 0 Å². The molecular formula is C14H18N2O2. The summed E-state index contributed by atoms with van der Waals surface area (Å²) in [6.45, 7) is 0.443. The van der Waals surface area contributed by atoms with Gasteiger partial charge >= 0.3 is 0 Å². The molecule has 1 aliphatic rings. The Balaban J connectivity index is 1.69. The zero-order valence-electron chi connectivity index (χ0n) is 10.4. The third kappa shape index (κ3) is 2.34. The molecule has 0 spiro atoms. The molecule has 0 radical (unpaired) electrons. The Hall–Kier alpha value is -1.55. The molecule has 0 atom stereocenters. The van der Waals surface area contributed by atoms with E-state index in [1.54, 1.807) is 0 Å². The predicted octanol–water partition coefficient (Wildman–Crippen LogP) is 3.26. The van der Waals surface area contributed by atoms with Crippen molar-refractivity contribution < 1.29 is 9.15 Å². The summed E-state index contributed by atoms with van der Waals surface area (Å²) in [5.74, 6) is 0.619. The molecule has 96 valence electrons. The highest BCUT2D eigenvalue weighted by molar-refractivity contribution is 5.85. The Morgan fingerprint density at radius 2 is 2.11 bits per heavy atom. The number of fused-ring (bicyclic) bond motifs is 1. The Kier molecular flexibility index (Phi) is 3.19. The second kappa shape index (κ2) is 4.98. The number of para-hydroxylation sites is 1. The van der Waals surface area contributed by atoms with Gasteiger partial charge in [-0.05, 0) is 25.0 Å². The molecule has 1 aliphatic carbocycles. The van der Waals surface area contributed by atoms with E-state index in [0.717, 1.165) is 23.9 Å². The third-order valence-electron chi connectivity index (χ3n) is 3.49. The second-order valence-electron chi connectivity index (χ2n) is 4.87. The van der Waals surface area contributed by atoms with Crippen molar-refractivity contribution >= 4 is 16.8 Å². The maximum atomic E-state index is 5.85. The van der Waals surface area contributed by atoms with Crippen molar-refractivity contribution in [2.75, 3.05) is 5.73 Å². The number of benzene rings is 1. The fraction of sp³-hybridized carbons (Fsp3) is 0.500. The van der Waals surface area contributed by atoms with Crippen LogP contribution in [0.1, 0.15) is 38.0 Å². The van der Waals surface area contributed by atoms with Gasteiger partial charge in [0.15, 0.2) is 5.58 Å². The van der Waals surface area contributed by atoms with Crippen LogP contribution in [0.2, 0.25) is 0 Å². The SMILES string of the molecule is Nc1cccc2oc(COC3CCCCC3)nc12. The van der Waals surface area contributed by atoms with Crippen molar-refractivity contribution in [3.8, 4) is 0 Å². The van der Waals surface area contributed by atoms with E-state index in [1.807, 2.05) is 18.2 Å². The summed E-state index contributed by atoms with van der Waals surface area (Å²) in [4.78, 5) is 4.38. The van der Waals surface area contributed by atoms with Gasteiger partial charge in [-0.1, -0.05) is 25.3 Å². The lowest BCUT2D eigenvalue weighted by Crippen LogP contribution is -2.16. The lowest BCUT2D eigenvalue weighted by atomic mass is 9.98. The van der Waals surface area contributed by atoms with Gasteiger partial charge in [-0.2, -0.15) is 0 Å². The highest BCUT2D eigenvalue weighted by Gasteiger charge is 2.15. The van der Waals surface area contributed by atoms with Crippen LogP contribution in [-0.2, 0) is 11.3 Å². The summed E-state index contributed by atoms with van der Waals surface area (Å²) in [7, 11) is 0. The molecule has 1 saturated carbocycles. The Morgan fingerprint density at radius 1 is 1.28 bits per heavy atom. The van der Waals surface area contributed by atoms with Crippen LogP contribution >= 0.6 is 0 Å². The summed E-state index contributed by atoms with van der Waals surface area (Å²) in [6.07, 6.45) is 6.55. The summed E-state index contributed by atoms with van der Waals surface area (Å²) in [6, 6.07) is 5.58. The predicted molar refractivity (Wildman–Crippen MR) is 70.1 cm³/mol. The van der Waals surface area contributed by atoms with Gasteiger partial charge < -0.3 is 14.9 Å². The maximum Gasteiger partial charge on any atom is 0.221 e. The summed E-state index contributed by atoms with van der Waals surface area (Å²) >= 11 is 0. The van der Waals surface area contributed by atoms with Crippen molar-refractivity contribution in [1.29, 1.82) is 0 Å². The number of anilines is 1. The smallest absolute Gasteiger partial charge is 0.221 e. The minimum absolute atomic E-state index is 0.367. The fourth-order valence-corrected chi connectivity index (χ4v) is 2.50. The zero-order chi connectivity index (χ0) is 12.4. The van der Waals surface area contributed by atoms with Gasteiger partial charge in [0, 0.05) is 0 Å². The van der Waals surface area contributed by atoms with Gasteiger partial charge in [0.05, 0.1) is 11.8 Å². The standard InChI is InChI=1S/C14H18N2O2/c15-11-7-4-8-12-14(11)16-13(18-12)9-17-10-5-2-1-3-6-10/h4,7-8,10H,1-3,5-6,9,15H2. The minimum atomic E-state index is 0.367. The first kappa shape index (κ1) is 11.5. The van der Waals surface area contributed by atoms with Gasteiger partial charge in [0.25, 0.3) is 0 Å². The lowest BCUT2D eigenvalue weighted by Gasteiger charge is -2.21. The number of ether oxygens (including phenoxy) is 1. The number of hydrogen-bond donors (Lipinski definition) is 1. The molecule has 4 nitrogen and oxygen atoms in total. The van der Waals surface area contributed by atoms with Crippen LogP contribution < -0.4 is 5.73 Å². The molecule has 1 aromatic carbocycles. The highest BCUT2D eigenvalue weighted by Crippen LogP contribution is 2.24. The first-order valence-electron chi connectivity index (χ1n) is 6.58. The monoisotopic (exact) mass is 246 g/mol. The normalized spacial score (nSPS) is 17.3. The van der Waals surface area contributed by atoms with Crippen LogP contribution in [0.15, 0.2) is 22.6 Å². The van der Waals surface area contributed by atoms with Crippen molar-refractivity contribution in [3.05, 3.63) is 24.1 Å². The zero-order valence-corrected chi connectivity index (χ0v) is 10.4. The number of oxazole rings is 1. The first-order valence-corrected chi connectivity index (χ1v) is 6.58. The summed E-state index contributed by atoms with van der Waals surface area (Å²) < 4.78 is 11.5. The molecule has 0 unspecified atom stereocenters. The molecule has 2 N–H and O–H groups in total. The molecule has 18 heavy (non-hydrogen) atoms. The van der Waals surface area contributed by atoms with Crippen LogP contribution in [0.3, 0.4) is 0 Å². The quantitative estimate of drug-likeness (QED) is 0.844. The largest absolute Gasteiger partial charge is 0.438 e. The van der Waals surface area contributed by atoms with E-state index in [4.69, 9.17) is 14.9 Å². The van der Waals surface area contributed by atoms with Crippen LogP contribution in [0.5, 0.6) is 0 Å². The van der Waals surface area contributed by atoms with Gasteiger partial charge in [0.2, 0.25) is 5.89 Å². The van der Waals surface area contributed by atoms with Crippen molar-refractivity contribution in [2.45, 2.75) is 44.8 Å². The van der Waals surface area contributed by atoms with E-state index >= 15 is 0 Å². The number of nitrogen functional groups attached to an aromatic ring is 1. The molecular weight excluding hydrogens is 228 g/mol. The van der Waals surface area contributed by atoms with Gasteiger partial charge in [-0.15, -0.1) is 0 Å². The molecule has 1 heterocycles. The molecule has 1 fully saturated rings. The van der Waals surface area contributed by atoms with Crippen LogP contribution in [0.4, 0.5) is 5.69 Å². The molecule has 1 aromatic heterocycles. The maximum absolute atomic E-state index is 5.85. The number of rotatable bonds is 3. The number of aromatic nitrogens is 1. The molecule has 3 rings (SSSR count). The van der Waals surface area contributed by atoms with Gasteiger partial charge in [-0.3, -0.25) is 0 Å². The molecule has 2 aromatic rings. The topological polar surface area (TPSA) is 61.3 Å². The number of nitrogens with zero attached hydrogens (tertiary/aromatic N) is 1. The third-order valence-corrected chi connectivity index (χ3v) is 3.49. The van der Waals surface area contributed by atoms with Gasteiger partial charge in [0.1, 0.15) is 12.1 Å². The van der Waals surface area contributed by atoms with Crippen LogP contribution in [0, 0.1) is 0 Å². The molecule has 0 amide bonds. The Labute approximate surface area is 106 Å².